The van der Waals surface area contributed by atoms with Crippen molar-refractivity contribution >= 4 is 5.69 Å². The van der Waals surface area contributed by atoms with Crippen molar-refractivity contribution in [2.24, 2.45) is 0 Å². The van der Waals surface area contributed by atoms with Crippen molar-refractivity contribution in [3.8, 4) is 0 Å². The maximum atomic E-state index is 3.51. The van der Waals surface area contributed by atoms with Crippen molar-refractivity contribution < 1.29 is 0 Å². The average molecular weight is 259 g/mol. The third-order valence-corrected chi connectivity index (χ3v) is 4.51. The lowest BCUT2D eigenvalue weighted by molar-refractivity contribution is 0.209. The van der Waals surface area contributed by atoms with E-state index >= 15 is 0 Å². The summed E-state index contributed by atoms with van der Waals surface area (Å²) in [5.41, 5.74) is 4.54. The van der Waals surface area contributed by atoms with Gasteiger partial charge in [0.25, 0.3) is 0 Å². The molecule has 1 aromatic carbocycles. The van der Waals surface area contributed by atoms with E-state index in [4.69, 9.17) is 0 Å². The molecule has 2 heterocycles. The molecule has 1 saturated heterocycles. The van der Waals surface area contributed by atoms with Crippen LogP contribution in [0.25, 0.3) is 0 Å². The molecule has 0 atom stereocenters. The molecule has 0 unspecified atom stereocenters. The first-order valence-electron chi connectivity index (χ1n) is 7.56. The van der Waals surface area contributed by atoms with Gasteiger partial charge in [0.1, 0.15) is 0 Å². The highest BCUT2D eigenvalue weighted by Gasteiger charge is 2.22. The molecule has 19 heavy (non-hydrogen) atoms. The smallest absolute Gasteiger partial charge is 0.0415 e. The Morgan fingerprint density at radius 2 is 1.89 bits per heavy atom. The first-order valence-corrected chi connectivity index (χ1v) is 7.56. The van der Waals surface area contributed by atoms with Crippen LogP contribution in [0, 0.1) is 0 Å². The van der Waals surface area contributed by atoms with E-state index in [1.54, 1.807) is 5.56 Å². The fraction of sp³-hybridized carbons (Fsp3) is 0.625. The second-order valence-electron chi connectivity index (χ2n) is 5.96. The van der Waals surface area contributed by atoms with Crippen LogP contribution >= 0.6 is 0 Å². The molecular weight excluding hydrogens is 234 g/mol. The molecule has 0 radical (unpaired) electrons. The number of hydrogen-bond donors (Lipinski definition) is 1. The fourth-order valence-corrected chi connectivity index (χ4v) is 3.27. The molecule has 0 amide bonds. The molecule has 0 bridgehead atoms. The first kappa shape index (κ1) is 12.9. The zero-order valence-corrected chi connectivity index (χ0v) is 12.2. The van der Waals surface area contributed by atoms with Crippen molar-refractivity contribution in [3.63, 3.8) is 0 Å². The lowest BCUT2D eigenvalue weighted by Gasteiger charge is -2.39. The summed E-state index contributed by atoms with van der Waals surface area (Å²) in [6, 6.07) is 7.50. The standard InChI is InChI=1S/C16H25N3/c1-13(2)18-8-10-19(11-9-18)16-5-3-4-14-6-7-17-12-15(14)16/h3-5,13,17H,6-12H2,1-2H3. The van der Waals surface area contributed by atoms with Crippen LogP contribution in [0.15, 0.2) is 18.2 Å². The van der Waals surface area contributed by atoms with E-state index in [0.29, 0.717) is 6.04 Å². The normalized spacial score (nSPS) is 20.7. The molecule has 3 heteroatoms. The zero-order chi connectivity index (χ0) is 13.2. The summed E-state index contributed by atoms with van der Waals surface area (Å²) in [4.78, 5) is 5.15. The summed E-state index contributed by atoms with van der Waals surface area (Å²) < 4.78 is 0. The molecule has 1 fully saturated rings. The summed E-state index contributed by atoms with van der Waals surface area (Å²) in [6.45, 7) is 11.5. The van der Waals surface area contributed by atoms with Crippen molar-refractivity contribution in [1.29, 1.82) is 0 Å². The van der Waals surface area contributed by atoms with Gasteiger partial charge in [-0.3, -0.25) is 4.90 Å². The van der Waals surface area contributed by atoms with Gasteiger partial charge in [-0.25, -0.2) is 0 Å². The van der Waals surface area contributed by atoms with Crippen molar-refractivity contribution in [2.75, 3.05) is 37.6 Å². The lowest BCUT2D eigenvalue weighted by Crippen LogP contribution is -2.49. The quantitative estimate of drug-likeness (QED) is 0.874. The van der Waals surface area contributed by atoms with Crippen LogP contribution in [0.2, 0.25) is 0 Å². The third-order valence-electron chi connectivity index (χ3n) is 4.51. The van der Waals surface area contributed by atoms with E-state index in [0.717, 1.165) is 26.2 Å². The minimum Gasteiger partial charge on any atom is -0.369 e. The molecule has 0 spiro atoms. The third kappa shape index (κ3) is 2.63. The molecule has 2 aliphatic heterocycles. The summed E-state index contributed by atoms with van der Waals surface area (Å²) >= 11 is 0. The fourth-order valence-electron chi connectivity index (χ4n) is 3.27. The molecule has 3 rings (SSSR count). The highest BCUT2D eigenvalue weighted by Crippen LogP contribution is 2.27. The van der Waals surface area contributed by atoms with Gasteiger partial charge < -0.3 is 10.2 Å². The predicted octanol–water partition coefficient (Wildman–Crippen LogP) is 1.86. The van der Waals surface area contributed by atoms with Gasteiger partial charge in [-0.05, 0) is 44.0 Å². The van der Waals surface area contributed by atoms with Crippen LogP contribution in [0.1, 0.15) is 25.0 Å². The van der Waals surface area contributed by atoms with E-state index in [9.17, 15) is 0 Å². The Morgan fingerprint density at radius 3 is 2.63 bits per heavy atom. The van der Waals surface area contributed by atoms with Crippen LogP contribution in [0.5, 0.6) is 0 Å². The summed E-state index contributed by atoms with van der Waals surface area (Å²) in [5, 5.41) is 3.51. The Bertz CT molecular complexity index is 434. The van der Waals surface area contributed by atoms with Crippen LogP contribution < -0.4 is 10.2 Å². The van der Waals surface area contributed by atoms with Gasteiger partial charge in [0, 0.05) is 44.5 Å². The van der Waals surface area contributed by atoms with Gasteiger partial charge in [-0.1, -0.05) is 12.1 Å². The lowest BCUT2D eigenvalue weighted by atomic mass is 9.98. The number of nitrogens with one attached hydrogen (secondary N) is 1. The predicted molar refractivity (Wildman–Crippen MR) is 80.8 cm³/mol. The van der Waals surface area contributed by atoms with E-state index < -0.39 is 0 Å². The minimum atomic E-state index is 0.675. The second-order valence-corrected chi connectivity index (χ2v) is 5.96. The van der Waals surface area contributed by atoms with Crippen molar-refractivity contribution in [2.45, 2.75) is 32.9 Å². The van der Waals surface area contributed by atoms with E-state index in [1.807, 2.05) is 0 Å². The number of fused-ring (bicyclic) bond motifs is 1. The van der Waals surface area contributed by atoms with E-state index in [-0.39, 0.29) is 0 Å². The molecule has 3 nitrogen and oxygen atoms in total. The van der Waals surface area contributed by atoms with Gasteiger partial charge in [-0.2, -0.15) is 0 Å². The molecule has 104 valence electrons. The van der Waals surface area contributed by atoms with Gasteiger partial charge in [0.05, 0.1) is 0 Å². The topological polar surface area (TPSA) is 18.5 Å². The Hall–Kier alpha value is -1.06. The molecule has 1 N–H and O–H groups in total. The number of hydrogen-bond acceptors (Lipinski definition) is 3. The Balaban J connectivity index is 1.77. The maximum Gasteiger partial charge on any atom is 0.0415 e. The number of rotatable bonds is 2. The van der Waals surface area contributed by atoms with Crippen molar-refractivity contribution in [1.82, 2.24) is 10.2 Å². The summed E-state index contributed by atoms with van der Waals surface area (Å²) in [5.74, 6) is 0. The highest BCUT2D eigenvalue weighted by molar-refractivity contribution is 5.58. The Labute approximate surface area is 116 Å². The molecule has 0 aromatic heterocycles. The van der Waals surface area contributed by atoms with E-state index in [1.165, 1.54) is 30.8 Å². The van der Waals surface area contributed by atoms with Crippen LogP contribution in [0.4, 0.5) is 5.69 Å². The first-order chi connectivity index (χ1) is 9.25. The Kier molecular flexibility index (Phi) is 3.76. The molecule has 2 aliphatic rings. The molecule has 0 saturated carbocycles. The molecule has 1 aromatic rings. The SMILES string of the molecule is CC(C)N1CCN(c2cccc3c2CNCC3)CC1. The van der Waals surface area contributed by atoms with E-state index in [2.05, 4.69) is 47.2 Å². The molecule has 0 aliphatic carbocycles. The summed E-state index contributed by atoms with van der Waals surface area (Å²) in [6.07, 6.45) is 1.18. The van der Waals surface area contributed by atoms with Crippen molar-refractivity contribution in [3.05, 3.63) is 29.3 Å². The number of piperazine rings is 1. The minimum absolute atomic E-state index is 0.675. The summed E-state index contributed by atoms with van der Waals surface area (Å²) in [7, 11) is 0. The van der Waals surface area contributed by atoms with Gasteiger partial charge in [0.2, 0.25) is 0 Å². The average Bonchev–Trinajstić information content (AvgIpc) is 2.47. The zero-order valence-electron chi connectivity index (χ0n) is 12.2. The Morgan fingerprint density at radius 1 is 1.11 bits per heavy atom. The highest BCUT2D eigenvalue weighted by atomic mass is 15.3. The second kappa shape index (κ2) is 5.51. The van der Waals surface area contributed by atoms with Gasteiger partial charge in [0.15, 0.2) is 0 Å². The van der Waals surface area contributed by atoms with Gasteiger partial charge in [-0.15, -0.1) is 0 Å². The van der Waals surface area contributed by atoms with Crippen LogP contribution in [-0.2, 0) is 13.0 Å². The molecular formula is C16H25N3. The number of nitrogens with zero attached hydrogens (tertiary/aromatic N) is 2. The van der Waals surface area contributed by atoms with Crippen LogP contribution in [0.3, 0.4) is 0 Å². The largest absolute Gasteiger partial charge is 0.369 e. The van der Waals surface area contributed by atoms with Gasteiger partial charge >= 0.3 is 0 Å². The van der Waals surface area contributed by atoms with Crippen LogP contribution in [-0.4, -0.2) is 43.7 Å². The maximum absolute atomic E-state index is 3.51. The monoisotopic (exact) mass is 259 g/mol. The number of benzene rings is 1. The number of anilines is 1.